The van der Waals surface area contributed by atoms with Crippen LogP contribution < -0.4 is 0 Å². The summed E-state index contributed by atoms with van der Waals surface area (Å²) in [5.74, 6) is 1.76. The van der Waals surface area contributed by atoms with Gasteiger partial charge in [0, 0.05) is 0 Å². The van der Waals surface area contributed by atoms with E-state index in [0.29, 0.717) is 17.8 Å². The maximum Gasteiger partial charge on any atom is 0.126 e. The van der Waals surface area contributed by atoms with Crippen LogP contribution in [0.15, 0.2) is 91.0 Å². The predicted octanol–water partition coefficient (Wildman–Crippen LogP) is 13.1. The molecular formula is C40H56F2. The summed E-state index contributed by atoms with van der Waals surface area (Å²) in [4.78, 5) is 0. The van der Waals surface area contributed by atoms with Crippen molar-refractivity contribution in [2.75, 3.05) is 0 Å². The minimum absolute atomic E-state index is 0. The first-order valence-electron chi connectivity index (χ1n) is 14.9. The SMILES string of the molecule is C.CC(C)c1cccc(F)c1.Cc1ccc(C(C)C)c(F)c1.Cc1ccc(C(C)C)cc1.Cc1ccc(C(C)C)cc1. The molecule has 0 heterocycles. The average Bonchev–Trinajstić information content (AvgIpc) is 2.90. The van der Waals surface area contributed by atoms with E-state index in [-0.39, 0.29) is 25.0 Å². The van der Waals surface area contributed by atoms with Crippen LogP contribution in [0.5, 0.6) is 0 Å². The molecule has 4 rings (SSSR count). The van der Waals surface area contributed by atoms with Crippen LogP contribution in [0.4, 0.5) is 8.78 Å². The summed E-state index contributed by atoms with van der Waals surface area (Å²) in [7, 11) is 0. The smallest absolute Gasteiger partial charge is 0.126 e. The molecule has 4 aromatic carbocycles. The minimum atomic E-state index is -0.147. The van der Waals surface area contributed by atoms with Gasteiger partial charge in [-0.15, -0.1) is 0 Å². The molecule has 0 bridgehead atoms. The van der Waals surface area contributed by atoms with E-state index in [1.807, 2.05) is 39.0 Å². The molecule has 0 amide bonds. The number of hydrogen-bond donors (Lipinski definition) is 0. The number of aryl methyl sites for hydroxylation is 3. The average molecular weight is 575 g/mol. The van der Waals surface area contributed by atoms with E-state index < -0.39 is 0 Å². The molecular weight excluding hydrogens is 518 g/mol. The van der Waals surface area contributed by atoms with Crippen molar-refractivity contribution in [2.45, 2.75) is 107 Å². The monoisotopic (exact) mass is 574 g/mol. The predicted molar refractivity (Wildman–Crippen MR) is 183 cm³/mol. The first kappa shape index (κ1) is 38.7. The third kappa shape index (κ3) is 15.1. The number of benzene rings is 4. The molecule has 0 aliphatic heterocycles. The Hall–Kier alpha value is -3.26. The van der Waals surface area contributed by atoms with Crippen molar-refractivity contribution in [3.8, 4) is 0 Å². The molecule has 0 unspecified atom stereocenters. The lowest BCUT2D eigenvalue weighted by Crippen LogP contribution is -1.92. The highest BCUT2D eigenvalue weighted by Gasteiger charge is 2.05. The topological polar surface area (TPSA) is 0 Å². The van der Waals surface area contributed by atoms with Crippen molar-refractivity contribution < 1.29 is 8.78 Å². The van der Waals surface area contributed by atoms with E-state index in [1.54, 1.807) is 18.2 Å². The van der Waals surface area contributed by atoms with Gasteiger partial charge in [0.05, 0.1) is 0 Å². The van der Waals surface area contributed by atoms with Gasteiger partial charge in [0.2, 0.25) is 0 Å². The Labute approximate surface area is 257 Å². The van der Waals surface area contributed by atoms with Gasteiger partial charge >= 0.3 is 0 Å². The molecule has 0 N–H and O–H groups in total. The highest BCUT2D eigenvalue weighted by Crippen LogP contribution is 2.19. The maximum absolute atomic E-state index is 13.1. The molecule has 0 aliphatic rings. The first-order chi connectivity index (χ1) is 19.2. The summed E-state index contributed by atoms with van der Waals surface area (Å²) >= 11 is 0. The Morgan fingerprint density at radius 1 is 0.429 bits per heavy atom. The third-order valence-electron chi connectivity index (χ3n) is 6.78. The zero-order valence-corrected chi connectivity index (χ0v) is 27.2. The number of rotatable bonds is 4. The Morgan fingerprint density at radius 2 is 0.833 bits per heavy atom. The van der Waals surface area contributed by atoms with Gasteiger partial charge in [0.1, 0.15) is 11.6 Å². The van der Waals surface area contributed by atoms with E-state index in [1.165, 1.54) is 28.3 Å². The van der Waals surface area contributed by atoms with Crippen LogP contribution in [-0.4, -0.2) is 0 Å². The maximum atomic E-state index is 13.1. The van der Waals surface area contributed by atoms with Crippen molar-refractivity contribution in [3.63, 3.8) is 0 Å². The van der Waals surface area contributed by atoms with Gasteiger partial charge in [-0.25, -0.2) is 8.78 Å². The van der Waals surface area contributed by atoms with Crippen molar-refractivity contribution in [2.24, 2.45) is 0 Å². The number of halogens is 2. The Kier molecular flexibility index (Phi) is 18.3. The van der Waals surface area contributed by atoms with E-state index in [9.17, 15) is 8.78 Å². The molecule has 0 saturated carbocycles. The molecule has 2 heteroatoms. The van der Waals surface area contributed by atoms with E-state index in [4.69, 9.17) is 0 Å². The zero-order valence-electron chi connectivity index (χ0n) is 27.2. The molecule has 0 aliphatic carbocycles. The lowest BCUT2D eigenvalue weighted by Gasteiger charge is -2.06. The van der Waals surface area contributed by atoms with Crippen molar-refractivity contribution in [1.29, 1.82) is 0 Å². The normalized spacial score (nSPS) is 10.2. The van der Waals surface area contributed by atoms with Gasteiger partial charge < -0.3 is 0 Å². The van der Waals surface area contributed by atoms with Crippen LogP contribution in [0, 0.1) is 32.4 Å². The fourth-order valence-electron chi connectivity index (χ4n) is 3.87. The zero-order chi connectivity index (χ0) is 31.1. The van der Waals surface area contributed by atoms with Gasteiger partial charge in [-0.3, -0.25) is 0 Å². The summed E-state index contributed by atoms with van der Waals surface area (Å²) in [6.45, 7) is 23.1. The molecule has 0 radical (unpaired) electrons. The van der Waals surface area contributed by atoms with Gasteiger partial charge in [-0.05, 0) is 90.5 Å². The Morgan fingerprint density at radius 3 is 1.14 bits per heavy atom. The third-order valence-corrected chi connectivity index (χ3v) is 6.78. The first-order valence-corrected chi connectivity index (χ1v) is 14.9. The molecule has 0 atom stereocenters. The van der Waals surface area contributed by atoms with E-state index >= 15 is 0 Å². The summed E-state index contributed by atoms with van der Waals surface area (Å²) in [6.07, 6.45) is 0. The molecule has 42 heavy (non-hydrogen) atoms. The Balaban J connectivity index is 0.000000530. The lowest BCUT2D eigenvalue weighted by molar-refractivity contribution is 0.597. The van der Waals surface area contributed by atoms with Crippen LogP contribution in [0.25, 0.3) is 0 Å². The summed E-state index contributed by atoms with van der Waals surface area (Å²) in [6, 6.07) is 29.5. The molecule has 0 saturated heterocycles. The van der Waals surface area contributed by atoms with Crippen LogP contribution >= 0.6 is 0 Å². The number of hydrogen-bond acceptors (Lipinski definition) is 0. The highest BCUT2D eigenvalue weighted by atomic mass is 19.1. The van der Waals surface area contributed by atoms with E-state index in [0.717, 1.165) is 16.7 Å². The van der Waals surface area contributed by atoms with E-state index in [2.05, 4.69) is 104 Å². The molecule has 4 aromatic rings. The second-order valence-electron chi connectivity index (χ2n) is 12.0. The Bertz CT molecular complexity index is 1210. The summed E-state index contributed by atoms with van der Waals surface area (Å²) in [5.41, 5.74) is 8.35. The van der Waals surface area contributed by atoms with Crippen LogP contribution in [-0.2, 0) is 0 Å². The summed E-state index contributed by atoms with van der Waals surface area (Å²) < 4.78 is 25.6. The molecule has 0 fully saturated rings. The van der Waals surface area contributed by atoms with Crippen molar-refractivity contribution in [3.05, 3.63) is 142 Å². The quantitative estimate of drug-likeness (QED) is 0.227. The van der Waals surface area contributed by atoms with Gasteiger partial charge in [-0.2, -0.15) is 0 Å². The largest absolute Gasteiger partial charge is 0.207 e. The van der Waals surface area contributed by atoms with Crippen LogP contribution in [0.2, 0.25) is 0 Å². The molecule has 0 nitrogen and oxygen atoms in total. The fraction of sp³-hybridized carbons (Fsp3) is 0.400. The second-order valence-corrected chi connectivity index (χ2v) is 12.0. The van der Waals surface area contributed by atoms with Gasteiger partial charge in [0.25, 0.3) is 0 Å². The van der Waals surface area contributed by atoms with Crippen molar-refractivity contribution >= 4 is 0 Å². The lowest BCUT2D eigenvalue weighted by atomic mass is 10.0. The van der Waals surface area contributed by atoms with Gasteiger partial charge in [0.15, 0.2) is 0 Å². The molecule has 230 valence electrons. The highest BCUT2D eigenvalue weighted by molar-refractivity contribution is 5.26. The molecule has 0 aromatic heterocycles. The fourth-order valence-corrected chi connectivity index (χ4v) is 3.87. The molecule has 0 spiro atoms. The second kappa shape index (κ2) is 19.8. The standard InChI is InChI=1S/C10H13F.2C10H14.C9H11F.CH4/c1-7(2)9-5-4-8(3)6-10(9)11;2*1-8(2)10-6-4-9(3)5-7-10;1-7(2)8-4-3-5-9(10)6-8;/h4-7H,1-3H3;2*4-8H,1-3H3;3-7H,1-2H3;1H4. The van der Waals surface area contributed by atoms with Crippen molar-refractivity contribution in [1.82, 2.24) is 0 Å². The van der Waals surface area contributed by atoms with Crippen LogP contribution in [0.1, 0.15) is 125 Å². The van der Waals surface area contributed by atoms with Gasteiger partial charge in [-0.1, -0.05) is 147 Å². The van der Waals surface area contributed by atoms with Crippen LogP contribution in [0.3, 0.4) is 0 Å². The summed E-state index contributed by atoms with van der Waals surface area (Å²) in [5, 5.41) is 0. The minimum Gasteiger partial charge on any atom is -0.207 e.